The van der Waals surface area contributed by atoms with Crippen LogP contribution in [0.1, 0.15) is 32.3 Å². The maximum Gasteiger partial charge on any atom is 0.240 e. The summed E-state index contributed by atoms with van der Waals surface area (Å²) >= 11 is 0. The van der Waals surface area contributed by atoms with Crippen molar-refractivity contribution < 1.29 is 13.2 Å². The molecule has 18 heavy (non-hydrogen) atoms. The van der Waals surface area contributed by atoms with Gasteiger partial charge in [0.1, 0.15) is 5.75 Å². The quantitative estimate of drug-likeness (QED) is 0.910. The second-order valence-corrected chi connectivity index (χ2v) is 6.37. The van der Waals surface area contributed by atoms with Crippen molar-refractivity contribution in [1.29, 1.82) is 0 Å². The second kappa shape index (κ2) is 5.28. The number of sulfonamides is 1. The maximum atomic E-state index is 12.1. The molecule has 1 aromatic rings. The molecule has 0 saturated carbocycles. The smallest absolute Gasteiger partial charge is 0.240 e. The lowest BCUT2D eigenvalue weighted by Crippen LogP contribution is -2.32. The van der Waals surface area contributed by atoms with Crippen molar-refractivity contribution in [3.63, 3.8) is 0 Å². The summed E-state index contributed by atoms with van der Waals surface area (Å²) in [6, 6.07) is 5.02. The number of nitrogens with one attached hydrogen (secondary N) is 1. The molecular weight excluding hydrogens is 250 g/mol. The molecule has 0 fully saturated rings. The van der Waals surface area contributed by atoms with Crippen molar-refractivity contribution in [2.24, 2.45) is 0 Å². The van der Waals surface area contributed by atoms with Crippen LogP contribution < -0.4 is 9.46 Å². The molecule has 1 aromatic carbocycles. The van der Waals surface area contributed by atoms with Gasteiger partial charge in [0, 0.05) is 6.04 Å². The average Bonchev–Trinajstić information content (AvgIpc) is 2.37. The topological polar surface area (TPSA) is 55.4 Å². The molecule has 1 aliphatic heterocycles. The Balaban J connectivity index is 2.28. The zero-order valence-corrected chi connectivity index (χ0v) is 11.6. The lowest BCUT2D eigenvalue weighted by molar-refractivity contribution is 0.288. The predicted molar refractivity (Wildman–Crippen MR) is 70.3 cm³/mol. The third kappa shape index (κ3) is 2.84. The number of benzene rings is 1. The van der Waals surface area contributed by atoms with Crippen molar-refractivity contribution in [1.82, 2.24) is 4.72 Å². The molecule has 0 aromatic heterocycles. The predicted octanol–water partition coefficient (Wildman–Crippen LogP) is 2.09. The van der Waals surface area contributed by atoms with Gasteiger partial charge in [-0.05, 0) is 49.9 Å². The molecule has 0 bridgehead atoms. The van der Waals surface area contributed by atoms with E-state index in [9.17, 15) is 8.42 Å². The molecule has 2 rings (SSSR count). The summed E-state index contributed by atoms with van der Waals surface area (Å²) in [5, 5.41) is 0. The molecule has 1 N–H and O–H groups in total. The summed E-state index contributed by atoms with van der Waals surface area (Å²) in [5.41, 5.74) is 0.980. The summed E-state index contributed by atoms with van der Waals surface area (Å²) in [7, 11) is -3.41. The highest BCUT2D eigenvalue weighted by atomic mass is 32.2. The van der Waals surface area contributed by atoms with Crippen LogP contribution in [-0.4, -0.2) is 21.1 Å². The van der Waals surface area contributed by atoms with Crippen molar-refractivity contribution in [2.75, 3.05) is 6.61 Å². The van der Waals surface area contributed by atoms with Gasteiger partial charge in [-0.3, -0.25) is 0 Å². The first-order chi connectivity index (χ1) is 8.53. The molecule has 1 aliphatic rings. The number of hydrogen-bond donors (Lipinski definition) is 1. The molecule has 1 heterocycles. The summed E-state index contributed by atoms with van der Waals surface area (Å²) in [4.78, 5) is 0.326. The SMILES string of the molecule is CCC(C)NS(=O)(=O)c1ccc2c(c1)CCCO2. The van der Waals surface area contributed by atoms with Crippen LogP contribution in [-0.2, 0) is 16.4 Å². The molecule has 1 unspecified atom stereocenters. The number of hydrogen-bond acceptors (Lipinski definition) is 3. The fourth-order valence-corrected chi connectivity index (χ4v) is 3.30. The number of fused-ring (bicyclic) bond motifs is 1. The highest BCUT2D eigenvalue weighted by Gasteiger charge is 2.19. The van der Waals surface area contributed by atoms with Crippen LogP contribution >= 0.6 is 0 Å². The number of aryl methyl sites for hydroxylation is 1. The van der Waals surface area contributed by atoms with Gasteiger partial charge in [0.05, 0.1) is 11.5 Å². The Labute approximate surface area is 108 Å². The van der Waals surface area contributed by atoms with E-state index in [1.54, 1.807) is 18.2 Å². The Bertz CT molecular complexity index is 525. The first kappa shape index (κ1) is 13.4. The lowest BCUT2D eigenvalue weighted by atomic mass is 10.1. The van der Waals surface area contributed by atoms with Crippen LogP contribution in [0.3, 0.4) is 0 Å². The summed E-state index contributed by atoms with van der Waals surface area (Å²) in [6.07, 6.45) is 2.59. The molecule has 0 spiro atoms. The van der Waals surface area contributed by atoms with E-state index in [4.69, 9.17) is 4.74 Å². The Hall–Kier alpha value is -1.07. The molecule has 0 radical (unpaired) electrons. The Morgan fingerprint density at radius 1 is 1.44 bits per heavy atom. The molecule has 1 atom stereocenters. The minimum absolute atomic E-state index is 0.0534. The van der Waals surface area contributed by atoms with Crippen molar-refractivity contribution in [2.45, 2.75) is 44.0 Å². The van der Waals surface area contributed by atoms with Gasteiger partial charge in [0.2, 0.25) is 10.0 Å². The maximum absolute atomic E-state index is 12.1. The Morgan fingerprint density at radius 3 is 2.94 bits per heavy atom. The highest BCUT2D eigenvalue weighted by molar-refractivity contribution is 7.89. The van der Waals surface area contributed by atoms with Crippen LogP contribution in [0.5, 0.6) is 5.75 Å². The largest absolute Gasteiger partial charge is 0.493 e. The van der Waals surface area contributed by atoms with Gasteiger partial charge in [-0.15, -0.1) is 0 Å². The minimum atomic E-state index is -3.41. The average molecular weight is 269 g/mol. The van der Waals surface area contributed by atoms with Gasteiger partial charge in [0.25, 0.3) is 0 Å². The Kier molecular flexibility index (Phi) is 3.92. The van der Waals surface area contributed by atoms with Crippen molar-refractivity contribution in [3.05, 3.63) is 23.8 Å². The van der Waals surface area contributed by atoms with Crippen LogP contribution in [0.4, 0.5) is 0 Å². The van der Waals surface area contributed by atoms with E-state index < -0.39 is 10.0 Å². The zero-order chi connectivity index (χ0) is 13.2. The fraction of sp³-hybridized carbons (Fsp3) is 0.538. The highest BCUT2D eigenvalue weighted by Crippen LogP contribution is 2.27. The van der Waals surface area contributed by atoms with Crippen LogP contribution in [0.25, 0.3) is 0 Å². The van der Waals surface area contributed by atoms with E-state index in [0.717, 1.165) is 30.6 Å². The standard InChI is InChI=1S/C13H19NO3S/c1-3-10(2)14-18(15,16)12-6-7-13-11(9-12)5-4-8-17-13/h6-7,9-10,14H,3-5,8H2,1-2H3. The van der Waals surface area contributed by atoms with E-state index in [-0.39, 0.29) is 6.04 Å². The van der Waals surface area contributed by atoms with E-state index >= 15 is 0 Å². The zero-order valence-electron chi connectivity index (χ0n) is 10.8. The first-order valence-electron chi connectivity index (χ1n) is 6.31. The van der Waals surface area contributed by atoms with Gasteiger partial charge in [0.15, 0.2) is 0 Å². The van der Waals surface area contributed by atoms with Gasteiger partial charge in [-0.2, -0.15) is 0 Å². The van der Waals surface area contributed by atoms with Crippen LogP contribution in [0, 0.1) is 0 Å². The molecule has 5 heteroatoms. The monoisotopic (exact) mass is 269 g/mol. The van der Waals surface area contributed by atoms with Crippen molar-refractivity contribution in [3.8, 4) is 5.75 Å². The van der Waals surface area contributed by atoms with Gasteiger partial charge in [-0.25, -0.2) is 13.1 Å². The molecular formula is C13H19NO3S. The van der Waals surface area contributed by atoms with Crippen LogP contribution in [0.15, 0.2) is 23.1 Å². The van der Waals surface area contributed by atoms with E-state index in [1.807, 2.05) is 13.8 Å². The van der Waals surface area contributed by atoms with Gasteiger partial charge >= 0.3 is 0 Å². The summed E-state index contributed by atoms with van der Waals surface area (Å²) in [6.45, 7) is 4.52. The minimum Gasteiger partial charge on any atom is -0.493 e. The number of ether oxygens (including phenoxy) is 1. The van der Waals surface area contributed by atoms with Gasteiger partial charge in [-0.1, -0.05) is 6.92 Å². The first-order valence-corrected chi connectivity index (χ1v) is 7.79. The third-order valence-corrected chi connectivity index (χ3v) is 4.75. The number of rotatable bonds is 4. The van der Waals surface area contributed by atoms with E-state index in [0.29, 0.717) is 11.5 Å². The molecule has 0 aliphatic carbocycles. The second-order valence-electron chi connectivity index (χ2n) is 4.65. The molecule has 4 nitrogen and oxygen atoms in total. The molecule has 100 valence electrons. The fourth-order valence-electron chi connectivity index (χ4n) is 1.92. The summed E-state index contributed by atoms with van der Waals surface area (Å²) < 4.78 is 32.4. The Morgan fingerprint density at radius 2 is 2.22 bits per heavy atom. The van der Waals surface area contributed by atoms with E-state index in [1.165, 1.54) is 0 Å². The van der Waals surface area contributed by atoms with Gasteiger partial charge < -0.3 is 4.74 Å². The third-order valence-electron chi connectivity index (χ3n) is 3.16. The molecule has 0 saturated heterocycles. The lowest BCUT2D eigenvalue weighted by Gasteiger charge is -2.18. The van der Waals surface area contributed by atoms with E-state index in [2.05, 4.69) is 4.72 Å². The van der Waals surface area contributed by atoms with Crippen LogP contribution in [0.2, 0.25) is 0 Å². The normalized spacial score (nSPS) is 16.8. The molecule has 0 amide bonds. The van der Waals surface area contributed by atoms with Crippen molar-refractivity contribution >= 4 is 10.0 Å². The summed E-state index contributed by atoms with van der Waals surface area (Å²) in [5.74, 6) is 0.809.